The lowest BCUT2D eigenvalue weighted by molar-refractivity contribution is -0.274. The Labute approximate surface area is 175 Å². The fraction of sp³-hybridized carbons (Fsp3) is 0.211. The van der Waals surface area contributed by atoms with Crippen molar-refractivity contribution in [1.82, 2.24) is 10.2 Å². The molecule has 3 rings (SSSR count). The van der Waals surface area contributed by atoms with Crippen molar-refractivity contribution in [3.63, 3.8) is 0 Å². The van der Waals surface area contributed by atoms with E-state index in [1.165, 1.54) is 31.2 Å². The van der Waals surface area contributed by atoms with E-state index in [2.05, 4.69) is 19.4 Å². The number of anilines is 1. The summed E-state index contributed by atoms with van der Waals surface area (Å²) in [7, 11) is 0. The maximum atomic E-state index is 14.6. The molecule has 1 amide bonds. The van der Waals surface area contributed by atoms with Crippen LogP contribution in [0.5, 0.6) is 5.75 Å². The molecule has 0 N–H and O–H groups in total. The lowest BCUT2D eigenvalue weighted by atomic mass is 10.1. The van der Waals surface area contributed by atoms with Gasteiger partial charge in [-0.15, -0.1) is 23.4 Å². The molecular weight excluding hydrogens is 451 g/mol. The molecule has 13 heteroatoms. The van der Waals surface area contributed by atoms with Crippen molar-refractivity contribution in [3.8, 4) is 17.2 Å². The molecule has 0 saturated carbocycles. The number of alkyl halides is 6. The van der Waals surface area contributed by atoms with Gasteiger partial charge in [-0.05, 0) is 36.4 Å². The molecule has 32 heavy (non-hydrogen) atoms. The fourth-order valence-electron chi connectivity index (χ4n) is 2.65. The highest BCUT2D eigenvalue weighted by atomic mass is 19.4. The first-order valence-electron chi connectivity index (χ1n) is 8.67. The number of ether oxygens (including phenoxy) is 1. The molecule has 0 aliphatic carbocycles. The summed E-state index contributed by atoms with van der Waals surface area (Å²) in [5, 5.41) is 6.09. The van der Waals surface area contributed by atoms with Crippen LogP contribution in [0.2, 0.25) is 0 Å². The summed E-state index contributed by atoms with van der Waals surface area (Å²) in [5.74, 6) is -4.05. The van der Waals surface area contributed by atoms with Gasteiger partial charge in [-0.3, -0.25) is 4.79 Å². The van der Waals surface area contributed by atoms with Crippen LogP contribution in [0.3, 0.4) is 0 Å². The van der Waals surface area contributed by atoms with Gasteiger partial charge >= 0.3 is 18.4 Å². The Balaban J connectivity index is 1.81. The maximum absolute atomic E-state index is 14.6. The van der Waals surface area contributed by atoms with E-state index in [-0.39, 0.29) is 23.4 Å². The van der Waals surface area contributed by atoms with Crippen molar-refractivity contribution in [2.75, 3.05) is 4.90 Å². The molecule has 1 aromatic heterocycles. The third-order valence-corrected chi connectivity index (χ3v) is 4.06. The van der Waals surface area contributed by atoms with Crippen molar-refractivity contribution < 1.29 is 44.7 Å². The largest absolute Gasteiger partial charge is 0.573 e. The van der Waals surface area contributed by atoms with Gasteiger partial charge in [-0.2, -0.15) is 13.2 Å². The average molecular weight is 463 g/mol. The Morgan fingerprint density at radius 3 is 2.19 bits per heavy atom. The zero-order chi connectivity index (χ0) is 23.7. The second-order valence-electron chi connectivity index (χ2n) is 6.36. The van der Waals surface area contributed by atoms with Gasteiger partial charge < -0.3 is 14.1 Å². The standard InChI is InChI=1S/C19H12F7N3O3/c1-10(30)29(13-4-6-14(7-5-13)32-19(24,25)26)9-12-3-2-11(8-15(12)20)16-27-28-17(31-16)18(21,22)23/h2-8H,9H2,1H3. The van der Waals surface area contributed by atoms with E-state index in [1.807, 2.05) is 0 Å². The monoisotopic (exact) mass is 463 g/mol. The van der Waals surface area contributed by atoms with Gasteiger partial charge in [0, 0.05) is 23.7 Å². The summed E-state index contributed by atoms with van der Waals surface area (Å²) in [6.45, 7) is 0.863. The second kappa shape index (κ2) is 8.48. The number of nitrogens with zero attached hydrogens (tertiary/aromatic N) is 3. The maximum Gasteiger partial charge on any atom is 0.573 e. The number of aromatic nitrogens is 2. The SMILES string of the molecule is CC(=O)N(Cc1ccc(-c2nnc(C(F)(F)F)o2)cc1F)c1ccc(OC(F)(F)F)cc1. The summed E-state index contributed by atoms with van der Waals surface area (Å²) in [5.41, 5.74) is 0.0367. The topological polar surface area (TPSA) is 68.5 Å². The van der Waals surface area contributed by atoms with E-state index >= 15 is 0 Å². The highest BCUT2D eigenvalue weighted by Gasteiger charge is 2.38. The number of benzene rings is 2. The first-order valence-corrected chi connectivity index (χ1v) is 8.67. The first kappa shape index (κ1) is 23.0. The molecule has 0 bridgehead atoms. The van der Waals surface area contributed by atoms with Crippen molar-refractivity contribution >= 4 is 11.6 Å². The van der Waals surface area contributed by atoms with Crippen molar-refractivity contribution in [2.45, 2.75) is 26.0 Å². The van der Waals surface area contributed by atoms with Crippen LogP contribution in [0.1, 0.15) is 18.4 Å². The van der Waals surface area contributed by atoms with Crippen LogP contribution in [0.15, 0.2) is 46.9 Å². The van der Waals surface area contributed by atoms with E-state index in [0.717, 1.165) is 23.1 Å². The second-order valence-corrected chi connectivity index (χ2v) is 6.36. The highest BCUT2D eigenvalue weighted by molar-refractivity contribution is 5.91. The predicted octanol–water partition coefficient (Wildman–Crippen LogP) is 5.35. The van der Waals surface area contributed by atoms with Gasteiger partial charge in [-0.1, -0.05) is 6.07 Å². The van der Waals surface area contributed by atoms with E-state index in [1.54, 1.807) is 0 Å². The molecule has 170 valence electrons. The number of hydrogen-bond acceptors (Lipinski definition) is 5. The van der Waals surface area contributed by atoms with Crippen LogP contribution in [-0.4, -0.2) is 22.5 Å². The third-order valence-electron chi connectivity index (χ3n) is 4.06. The first-order chi connectivity index (χ1) is 14.8. The van der Waals surface area contributed by atoms with Gasteiger partial charge in [0.05, 0.1) is 6.54 Å². The minimum atomic E-state index is -4.88. The summed E-state index contributed by atoms with van der Waals surface area (Å²) >= 11 is 0. The molecule has 0 radical (unpaired) electrons. The molecule has 0 saturated heterocycles. The summed E-state index contributed by atoms with van der Waals surface area (Å²) in [6.07, 6.45) is -9.74. The molecule has 0 atom stereocenters. The highest BCUT2D eigenvalue weighted by Crippen LogP contribution is 2.31. The van der Waals surface area contributed by atoms with Gasteiger partial charge in [0.2, 0.25) is 11.8 Å². The zero-order valence-corrected chi connectivity index (χ0v) is 16.0. The zero-order valence-electron chi connectivity index (χ0n) is 16.0. The Morgan fingerprint density at radius 1 is 1.03 bits per heavy atom. The van der Waals surface area contributed by atoms with Gasteiger partial charge in [0.25, 0.3) is 0 Å². The molecule has 6 nitrogen and oxygen atoms in total. The molecule has 1 heterocycles. The molecule has 0 unspecified atom stereocenters. The number of carbonyl (C=O) groups excluding carboxylic acids is 1. The van der Waals surface area contributed by atoms with Crippen molar-refractivity contribution in [2.24, 2.45) is 0 Å². The van der Waals surface area contributed by atoms with Crippen LogP contribution in [0, 0.1) is 5.82 Å². The van der Waals surface area contributed by atoms with Crippen LogP contribution in [0.4, 0.5) is 36.4 Å². The van der Waals surface area contributed by atoms with Crippen LogP contribution >= 0.6 is 0 Å². The normalized spacial score (nSPS) is 12.0. The Bertz CT molecular complexity index is 1110. The summed E-state index contributed by atoms with van der Waals surface area (Å²) in [4.78, 5) is 13.1. The smallest absolute Gasteiger partial charge is 0.413 e. The Kier molecular flexibility index (Phi) is 6.10. The van der Waals surface area contributed by atoms with Gasteiger partial charge in [0.1, 0.15) is 11.6 Å². The summed E-state index contributed by atoms with van der Waals surface area (Å²) in [6, 6.07) is 7.65. The fourth-order valence-corrected chi connectivity index (χ4v) is 2.65. The Morgan fingerprint density at radius 2 is 1.69 bits per heavy atom. The quantitative estimate of drug-likeness (QED) is 0.478. The number of hydrogen-bond donors (Lipinski definition) is 0. The van der Waals surface area contributed by atoms with Gasteiger partial charge in [-0.25, -0.2) is 4.39 Å². The number of carbonyl (C=O) groups is 1. The van der Waals surface area contributed by atoms with E-state index < -0.39 is 41.8 Å². The lowest BCUT2D eigenvalue weighted by Gasteiger charge is -2.22. The van der Waals surface area contributed by atoms with E-state index in [4.69, 9.17) is 0 Å². The molecule has 3 aromatic rings. The van der Waals surface area contributed by atoms with Crippen molar-refractivity contribution in [3.05, 3.63) is 59.7 Å². The van der Waals surface area contributed by atoms with Crippen molar-refractivity contribution in [1.29, 1.82) is 0 Å². The third kappa shape index (κ3) is 5.53. The minimum Gasteiger partial charge on any atom is -0.413 e. The van der Waals surface area contributed by atoms with Crippen LogP contribution in [0.25, 0.3) is 11.5 Å². The van der Waals surface area contributed by atoms with E-state index in [9.17, 15) is 35.5 Å². The predicted molar refractivity (Wildman–Crippen MR) is 94.7 cm³/mol. The number of halogens is 7. The molecule has 2 aromatic carbocycles. The lowest BCUT2D eigenvalue weighted by Crippen LogP contribution is -2.28. The van der Waals surface area contributed by atoms with Crippen LogP contribution < -0.4 is 9.64 Å². The molecule has 0 aliphatic rings. The number of amides is 1. The van der Waals surface area contributed by atoms with E-state index in [0.29, 0.717) is 0 Å². The van der Waals surface area contributed by atoms with Gasteiger partial charge in [0.15, 0.2) is 0 Å². The Hall–Kier alpha value is -3.64. The molecule has 0 fully saturated rings. The molecular formula is C19H12F7N3O3. The number of rotatable bonds is 5. The average Bonchev–Trinajstić information content (AvgIpc) is 3.17. The minimum absolute atomic E-state index is 0.0184. The van der Waals surface area contributed by atoms with Crippen LogP contribution in [-0.2, 0) is 17.5 Å². The molecule has 0 aliphatic heterocycles. The molecule has 0 spiro atoms. The summed E-state index contributed by atoms with van der Waals surface area (Å²) < 4.78 is 97.4.